The number of nitrogens with zero attached hydrogens (tertiary/aromatic N) is 19. The number of carbonyl (C=O) groups excluding carboxylic acids is 4. The van der Waals surface area contributed by atoms with Crippen LogP contribution in [-0.2, 0) is 40.1 Å². The van der Waals surface area contributed by atoms with Crippen LogP contribution in [0.5, 0.6) is 0 Å². The van der Waals surface area contributed by atoms with Gasteiger partial charge in [-0.15, -0.1) is 45.3 Å². The van der Waals surface area contributed by atoms with Crippen LogP contribution in [0.3, 0.4) is 0 Å². The maximum Gasteiger partial charge on any atom is 0.270 e. The van der Waals surface area contributed by atoms with Gasteiger partial charge in [-0.05, 0) is 176 Å². The summed E-state index contributed by atoms with van der Waals surface area (Å²) in [4.78, 5) is 106. The molecule has 2 saturated heterocycles. The van der Waals surface area contributed by atoms with E-state index in [1.807, 2.05) is 101 Å². The highest BCUT2D eigenvalue weighted by atomic mass is 32.2. The molecule has 38 nitrogen and oxygen atoms in total. The Hall–Kier alpha value is -12.3. The fourth-order valence-corrected chi connectivity index (χ4v) is 22.8. The van der Waals surface area contributed by atoms with Gasteiger partial charge in [-0.2, -0.15) is 28.5 Å². The molecular formula is C82H87N25O13S8. The predicted molar refractivity (Wildman–Crippen MR) is 500 cm³/mol. The number of hydrogen-bond acceptors (Lipinski definition) is 34. The van der Waals surface area contributed by atoms with Gasteiger partial charge in [-0.3, -0.25) is 23.9 Å². The number of piperidine rings is 1. The predicted octanol–water partition coefficient (Wildman–Crippen LogP) is 11.5. The van der Waals surface area contributed by atoms with E-state index in [-0.39, 0.29) is 44.4 Å². The van der Waals surface area contributed by atoms with Gasteiger partial charge < -0.3 is 70.5 Å². The number of benzene rings is 4. The molecule has 1 saturated carbocycles. The van der Waals surface area contributed by atoms with Gasteiger partial charge in [-0.25, -0.2) is 58.3 Å². The number of aliphatic hydroxyl groups excluding tert-OH is 1. The standard InChI is InChI=1S/C22H25N7O3S2.C22H24N6O4S2.C20H20N6O3S2.C18H18N6O3S2/c1-26-9-11-29(12-10-26)34(31,32)16-6-4-15(5-7-16)24-22-23-14-18-20(25-22)27(2)17-8-13-33-19(17)21(30)28(18)3;1-26-17-9-12-33-19(17)21(30)27(2)18-13-23-22(25-20(18)26)24-14-3-5-16(6-4-14)34(31,32)28-10-7-15(29)8-11-28;1-25-15-9-10-30-17(15)19(27)26(2)16-11-21-20(23-18(16)25)22-12-5-7-14(8-6-12)31(28,29)24-13-3-4-13;1-23-13-8-9-28-15(13)17(25)24(2)14-10-19-18(21-16(14)23)20-11-4-6-12(7-5-11)22-29(3,26)27/h4-8,13-14H,9-12H2,1-3H3,(H,23,24,25);3-6,9,12-13,15,29H,7-8,10-11H2,1-2H3,(H,23,24,25);5-11,13,24H,3-4H2,1-2H3,(H,21,22,23);4-10,22H,1-3H3,(H,19,20,21). The number of fused-ring (bicyclic) bond motifs is 8. The highest BCUT2D eigenvalue weighted by Gasteiger charge is 2.37. The minimum atomic E-state index is -3.61. The van der Waals surface area contributed by atoms with Gasteiger partial charge in [0.1, 0.15) is 42.3 Å². The normalized spacial score (nSPS) is 16.1. The summed E-state index contributed by atoms with van der Waals surface area (Å²) in [6.07, 6.45) is 9.73. The van der Waals surface area contributed by atoms with Crippen LogP contribution >= 0.6 is 45.3 Å². The molecule has 46 heteroatoms. The molecule has 0 bridgehead atoms. The van der Waals surface area contributed by atoms with Crippen molar-refractivity contribution in [2.45, 2.75) is 52.5 Å². The van der Waals surface area contributed by atoms with Crippen LogP contribution in [0.2, 0.25) is 0 Å². The lowest BCUT2D eigenvalue weighted by molar-refractivity contribution is 0.0990. The molecular weight excluding hydrogens is 1800 g/mol. The molecule has 12 aromatic rings. The summed E-state index contributed by atoms with van der Waals surface area (Å²) >= 11 is 5.56. The van der Waals surface area contributed by atoms with Crippen molar-refractivity contribution >= 4 is 230 Å². The number of carbonyl (C=O) groups is 4. The number of hydrogen-bond donors (Lipinski definition) is 7. The van der Waals surface area contributed by atoms with Crippen LogP contribution in [0.25, 0.3) is 0 Å². The smallest absolute Gasteiger partial charge is 0.270 e. The largest absolute Gasteiger partial charge is 0.393 e. The number of rotatable bonds is 17. The van der Waals surface area contributed by atoms with Crippen molar-refractivity contribution in [3.05, 3.63) is 187 Å². The molecule has 666 valence electrons. The van der Waals surface area contributed by atoms with Crippen molar-refractivity contribution in [3.8, 4) is 0 Å². The molecule has 19 rings (SSSR count). The van der Waals surface area contributed by atoms with Gasteiger partial charge >= 0.3 is 0 Å². The van der Waals surface area contributed by atoms with Crippen LogP contribution in [-0.4, -0.2) is 237 Å². The van der Waals surface area contributed by atoms with Crippen molar-refractivity contribution in [2.24, 2.45) is 0 Å². The Morgan fingerprint density at radius 2 is 0.609 bits per heavy atom. The van der Waals surface area contributed by atoms with Gasteiger partial charge in [0.2, 0.25) is 63.9 Å². The lowest BCUT2D eigenvalue weighted by Crippen LogP contribution is -2.46. The van der Waals surface area contributed by atoms with E-state index in [2.05, 4.69) is 75.5 Å². The Balaban J connectivity index is 0.000000126. The van der Waals surface area contributed by atoms with E-state index in [4.69, 9.17) is 0 Å². The van der Waals surface area contributed by atoms with Gasteiger partial charge in [0, 0.05) is 130 Å². The second-order valence-corrected chi connectivity index (χ2v) is 41.6. The molecule has 6 aliphatic heterocycles. The van der Waals surface area contributed by atoms with Gasteiger partial charge in [0.15, 0.2) is 23.3 Å². The van der Waals surface area contributed by atoms with Gasteiger partial charge in [0.25, 0.3) is 23.6 Å². The molecule has 128 heavy (non-hydrogen) atoms. The van der Waals surface area contributed by atoms with E-state index in [1.165, 1.54) is 58.9 Å². The van der Waals surface area contributed by atoms with Crippen molar-refractivity contribution in [3.63, 3.8) is 0 Å². The number of likely N-dealkylation sites (N-methyl/N-ethyl adjacent to an activating group) is 1. The molecule has 3 fully saturated rings. The van der Waals surface area contributed by atoms with Crippen molar-refractivity contribution in [2.75, 3.05) is 174 Å². The lowest BCUT2D eigenvalue weighted by Gasteiger charge is -2.31. The Morgan fingerprint density at radius 3 is 0.898 bits per heavy atom. The van der Waals surface area contributed by atoms with Crippen molar-refractivity contribution < 1.29 is 58.0 Å². The summed E-state index contributed by atoms with van der Waals surface area (Å²) in [5.41, 5.74) is 8.69. The fraction of sp³-hybridized carbons (Fsp3) is 0.268. The zero-order valence-corrected chi connectivity index (χ0v) is 77.0. The maximum absolute atomic E-state index is 13.0. The monoisotopic (exact) mass is 1890 g/mol. The molecule has 1 aliphatic carbocycles. The number of anilines is 21. The topological polar surface area (TPSA) is 436 Å². The van der Waals surface area contributed by atoms with Crippen molar-refractivity contribution in [1.82, 2.24) is 58.1 Å². The quantitative estimate of drug-likeness (QED) is 0.0445. The number of sulfonamides is 4. The average Bonchev–Trinajstić information content (AvgIpc) is 1.63. The maximum atomic E-state index is 13.0. The van der Waals surface area contributed by atoms with Crippen LogP contribution < -0.4 is 69.9 Å². The Bertz CT molecular complexity index is 6520. The van der Waals surface area contributed by atoms with Crippen LogP contribution in [0.1, 0.15) is 64.4 Å². The number of aliphatic hydroxyl groups is 1. The molecule has 7 N–H and O–H groups in total. The van der Waals surface area contributed by atoms with E-state index < -0.39 is 46.2 Å². The third kappa shape index (κ3) is 18.6. The summed E-state index contributed by atoms with van der Waals surface area (Å²) in [7, 11) is 2.27. The molecule has 4 aromatic carbocycles. The number of aromatic nitrogens is 8. The third-order valence-corrected chi connectivity index (χ3v) is 31.4. The number of amides is 4. The summed E-state index contributed by atoms with van der Waals surface area (Å²) < 4.78 is 107. The van der Waals surface area contributed by atoms with E-state index in [1.54, 1.807) is 165 Å². The number of nitrogens with one attached hydrogen (secondary N) is 6. The van der Waals surface area contributed by atoms with Crippen LogP contribution in [0.15, 0.2) is 182 Å². The SMILES string of the molecule is CN1C(=O)c2sccc2N(C)c2nc(Nc3ccc(NS(C)(=O)=O)cc3)ncc21.CN1C(=O)c2sccc2N(C)c2nc(Nc3ccc(S(=O)(=O)N4CCC(O)CC4)cc3)ncc21.CN1C(=O)c2sccc2N(C)c2nc(Nc3ccc(S(=O)(=O)NC4CC4)cc3)ncc21.CN1CCN(S(=O)(=O)c2ccc(Nc3ncc4c(n3)N(C)c3ccsc3C(=O)N4C)cc2)CC1. The Morgan fingerprint density at radius 1 is 0.336 bits per heavy atom. The Labute approximate surface area is 754 Å². The van der Waals surface area contributed by atoms with Gasteiger partial charge in [-0.1, -0.05) is 0 Å². The molecule has 0 unspecified atom stereocenters. The summed E-state index contributed by atoms with van der Waals surface area (Å²) in [5.74, 6) is 3.34. The molecule has 8 aromatic heterocycles. The second-order valence-electron chi connectivity index (χ2n) is 30.6. The highest BCUT2D eigenvalue weighted by Crippen LogP contribution is 2.46. The fourth-order valence-electron chi connectivity index (χ4n) is 14.4. The van der Waals surface area contributed by atoms with E-state index in [0.29, 0.717) is 157 Å². The summed E-state index contributed by atoms with van der Waals surface area (Å²) in [6.45, 7) is 3.02. The second kappa shape index (κ2) is 36.1. The summed E-state index contributed by atoms with van der Waals surface area (Å²) in [6, 6.07) is 33.8. The first-order chi connectivity index (χ1) is 61.1. The lowest BCUT2D eigenvalue weighted by atomic mass is 10.1. The van der Waals surface area contributed by atoms with Crippen molar-refractivity contribution in [1.29, 1.82) is 0 Å². The first-order valence-corrected chi connectivity index (χ1v) is 49.6. The molecule has 4 amide bonds. The molecule has 0 atom stereocenters. The molecule has 0 radical (unpaired) electrons. The van der Waals surface area contributed by atoms with Crippen LogP contribution in [0, 0.1) is 0 Å². The van der Waals surface area contributed by atoms with Crippen LogP contribution in [0.4, 0.5) is 121 Å². The van der Waals surface area contributed by atoms with Gasteiger partial charge in [0.05, 0.1) is 74.6 Å². The Kier molecular flexibility index (Phi) is 25.1. The average molecular weight is 1890 g/mol. The zero-order chi connectivity index (χ0) is 90.6. The minimum Gasteiger partial charge on any atom is -0.393 e. The van der Waals surface area contributed by atoms with E-state index in [0.717, 1.165) is 54.9 Å². The van der Waals surface area contributed by atoms with E-state index >= 15 is 0 Å². The number of thiophene rings is 4. The molecule has 7 aliphatic rings. The zero-order valence-electron chi connectivity index (χ0n) is 70.5. The number of piperazine rings is 1. The first kappa shape index (κ1) is 89.1. The first-order valence-electron chi connectivity index (χ1n) is 39.8. The van der Waals surface area contributed by atoms with E-state index in [9.17, 15) is 58.0 Å². The highest BCUT2D eigenvalue weighted by molar-refractivity contribution is 7.92. The molecule has 14 heterocycles. The third-order valence-electron chi connectivity index (χ3n) is 21.9. The molecule has 0 spiro atoms. The minimum absolute atomic E-state index is 0.0570. The summed E-state index contributed by atoms with van der Waals surface area (Å²) in [5, 5.41) is 29.6.